The zero-order chi connectivity index (χ0) is 20.8. The molecule has 8 heteroatoms. The van der Waals surface area contributed by atoms with E-state index in [-0.39, 0.29) is 11.6 Å². The highest BCUT2D eigenvalue weighted by Crippen LogP contribution is 2.28. The van der Waals surface area contributed by atoms with E-state index in [1.54, 1.807) is 9.25 Å². The number of nitrogens with one attached hydrogen (secondary N) is 1. The van der Waals surface area contributed by atoms with Crippen LogP contribution >= 0.6 is 0 Å². The molecule has 1 aliphatic heterocycles. The maximum absolute atomic E-state index is 13.5. The molecule has 1 N–H and O–H groups in total. The average Bonchev–Trinajstić information content (AvgIpc) is 3.34. The SMILES string of the molecule is Cc1cc(-n2cc(-c3cccc4[nH]ccc34)nc(N3CCOC[C@H]3C)c2=O)n(C)n1. The molecule has 1 fully saturated rings. The molecule has 1 aromatic carbocycles. The summed E-state index contributed by atoms with van der Waals surface area (Å²) >= 11 is 0. The first-order valence-corrected chi connectivity index (χ1v) is 10.1. The standard InChI is InChI=1S/C22H24N6O2/c1-14-11-20(26(3)25-14)28-12-19(16-5-4-6-18-17(16)7-8-23-18)24-21(22(28)29)27-9-10-30-13-15(27)2/h4-8,11-12,15,23H,9-10,13H2,1-3H3/t15-/m1/s1. The second-order valence-electron chi connectivity index (χ2n) is 7.75. The van der Waals surface area contributed by atoms with Gasteiger partial charge in [-0.3, -0.25) is 14.0 Å². The van der Waals surface area contributed by atoms with E-state index in [4.69, 9.17) is 9.72 Å². The van der Waals surface area contributed by atoms with E-state index in [2.05, 4.69) is 17.0 Å². The Morgan fingerprint density at radius 2 is 2.13 bits per heavy atom. The quantitative estimate of drug-likeness (QED) is 0.568. The Bertz CT molecular complexity index is 1280. The lowest BCUT2D eigenvalue weighted by molar-refractivity contribution is 0.0983. The van der Waals surface area contributed by atoms with Gasteiger partial charge in [-0.2, -0.15) is 5.10 Å². The van der Waals surface area contributed by atoms with Crippen LogP contribution in [-0.2, 0) is 11.8 Å². The average molecular weight is 404 g/mol. The van der Waals surface area contributed by atoms with Gasteiger partial charge < -0.3 is 14.6 Å². The number of aromatic amines is 1. The van der Waals surface area contributed by atoms with Crippen LogP contribution in [0.2, 0.25) is 0 Å². The van der Waals surface area contributed by atoms with Gasteiger partial charge in [-0.15, -0.1) is 0 Å². The summed E-state index contributed by atoms with van der Waals surface area (Å²) in [4.78, 5) is 23.7. The van der Waals surface area contributed by atoms with E-state index >= 15 is 0 Å². The molecular weight excluding hydrogens is 380 g/mol. The summed E-state index contributed by atoms with van der Waals surface area (Å²) in [7, 11) is 1.85. The molecule has 0 spiro atoms. The maximum Gasteiger partial charge on any atom is 0.299 e. The summed E-state index contributed by atoms with van der Waals surface area (Å²) < 4.78 is 8.96. The maximum atomic E-state index is 13.5. The molecule has 8 nitrogen and oxygen atoms in total. The van der Waals surface area contributed by atoms with Gasteiger partial charge in [-0.1, -0.05) is 12.1 Å². The van der Waals surface area contributed by atoms with Crippen LogP contribution in [0.3, 0.4) is 0 Å². The summed E-state index contributed by atoms with van der Waals surface area (Å²) in [6.07, 6.45) is 3.73. The number of fused-ring (bicyclic) bond motifs is 1. The van der Waals surface area contributed by atoms with Gasteiger partial charge in [0.15, 0.2) is 5.82 Å². The number of rotatable bonds is 3. The lowest BCUT2D eigenvalue weighted by Crippen LogP contribution is -2.47. The normalized spacial score (nSPS) is 17.0. The van der Waals surface area contributed by atoms with Gasteiger partial charge in [0, 0.05) is 48.5 Å². The van der Waals surface area contributed by atoms with Gasteiger partial charge >= 0.3 is 0 Å². The first kappa shape index (κ1) is 18.6. The monoisotopic (exact) mass is 404 g/mol. The Morgan fingerprint density at radius 1 is 1.27 bits per heavy atom. The molecule has 0 bridgehead atoms. The van der Waals surface area contributed by atoms with Crippen LogP contribution in [0, 0.1) is 6.92 Å². The fourth-order valence-electron chi connectivity index (χ4n) is 4.14. The first-order chi connectivity index (χ1) is 14.5. The molecule has 4 aromatic rings. The minimum atomic E-state index is -0.156. The molecule has 4 heterocycles. The second kappa shape index (κ2) is 7.14. The minimum absolute atomic E-state index is 0.0685. The Balaban J connectivity index is 1.78. The van der Waals surface area contributed by atoms with Crippen molar-refractivity contribution in [2.45, 2.75) is 19.9 Å². The summed E-state index contributed by atoms with van der Waals surface area (Å²) in [6.45, 7) is 5.75. The lowest BCUT2D eigenvalue weighted by atomic mass is 10.1. The Labute approximate surface area is 173 Å². The zero-order valence-corrected chi connectivity index (χ0v) is 17.3. The summed E-state index contributed by atoms with van der Waals surface area (Å²) in [6, 6.07) is 10.1. The molecule has 1 aliphatic rings. The number of morpholine rings is 1. The van der Waals surface area contributed by atoms with Gasteiger partial charge in [-0.05, 0) is 26.0 Å². The fraction of sp³-hybridized carbons (Fsp3) is 0.318. The molecule has 1 atom stereocenters. The highest BCUT2D eigenvalue weighted by atomic mass is 16.5. The predicted molar refractivity (Wildman–Crippen MR) is 116 cm³/mol. The van der Waals surface area contributed by atoms with Gasteiger partial charge in [0.25, 0.3) is 5.56 Å². The number of benzene rings is 1. The topological polar surface area (TPSA) is 81.0 Å². The summed E-state index contributed by atoms with van der Waals surface area (Å²) in [5, 5.41) is 5.49. The van der Waals surface area contributed by atoms with E-state index in [1.807, 2.05) is 61.6 Å². The summed E-state index contributed by atoms with van der Waals surface area (Å²) in [5.41, 5.74) is 3.45. The number of aryl methyl sites for hydroxylation is 2. The number of hydrogen-bond donors (Lipinski definition) is 1. The number of nitrogens with zero attached hydrogens (tertiary/aromatic N) is 5. The van der Waals surface area contributed by atoms with Crippen LogP contribution in [-0.4, -0.2) is 50.1 Å². The van der Waals surface area contributed by atoms with Gasteiger partial charge in [0.2, 0.25) is 0 Å². The van der Waals surface area contributed by atoms with Crippen molar-refractivity contribution < 1.29 is 4.74 Å². The number of aromatic nitrogens is 5. The fourth-order valence-corrected chi connectivity index (χ4v) is 4.14. The lowest BCUT2D eigenvalue weighted by Gasteiger charge is -2.34. The first-order valence-electron chi connectivity index (χ1n) is 10.1. The molecule has 1 saturated heterocycles. The smallest absolute Gasteiger partial charge is 0.299 e. The Morgan fingerprint density at radius 3 is 2.90 bits per heavy atom. The molecule has 30 heavy (non-hydrogen) atoms. The van der Waals surface area contributed by atoms with Crippen molar-refractivity contribution in [1.82, 2.24) is 24.3 Å². The molecule has 0 radical (unpaired) electrons. The van der Waals surface area contributed by atoms with Gasteiger partial charge in [-0.25, -0.2) is 4.98 Å². The summed E-state index contributed by atoms with van der Waals surface area (Å²) in [5.74, 6) is 1.15. The predicted octanol–water partition coefficient (Wildman–Crippen LogP) is 2.65. The van der Waals surface area contributed by atoms with Crippen molar-refractivity contribution in [3.05, 3.63) is 58.8 Å². The van der Waals surface area contributed by atoms with E-state index in [9.17, 15) is 4.79 Å². The molecule has 154 valence electrons. The highest BCUT2D eigenvalue weighted by molar-refractivity contribution is 5.94. The molecule has 0 saturated carbocycles. The number of anilines is 1. The van der Waals surface area contributed by atoms with Crippen LogP contribution in [0.4, 0.5) is 5.82 Å². The van der Waals surface area contributed by atoms with Crippen molar-refractivity contribution in [1.29, 1.82) is 0 Å². The van der Waals surface area contributed by atoms with Crippen LogP contribution < -0.4 is 10.5 Å². The van der Waals surface area contributed by atoms with Crippen molar-refractivity contribution in [3.8, 4) is 17.1 Å². The third-order valence-corrected chi connectivity index (χ3v) is 5.62. The van der Waals surface area contributed by atoms with Crippen molar-refractivity contribution in [3.63, 3.8) is 0 Å². The second-order valence-corrected chi connectivity index (χ2v) is 7.75. The third kappa shape index (κ3) is 3.00. The number of hydrogen-bond acceptors (Lipinski definition) is 5. The number of ether oxygens (including phenoxy) is 1. The van der Waals surface area contributed by atoms with Gasteiger partial charge in [0.05, 0.1) is 30.6 Å². The molecule has 0 unspecified atom stereocenters. The molecule has 5 rings (SSSR count). The Kier molecular flexibility index (Phi) is 4.43. The number of H-pyrrole nitrogens is 1. The largest absolute Gasteiger partial charge is 0.377 e. The zero-order valence-electron chi connectivity index (χ0n) is 17.3. The van der Waals surface area contributed by atoms with Crippen LogP contribution in [0.25, 0.3) is 28.0 Å². The van der Waals surface area contributed by atoms with E-state index in [1.165, 1.54) is 0 Å². The third-order valence-electron chi connectivity index (χ3n) is 5.62. The highest BCUT2D eigenvalue weighted by Gasteiger charge is 2.25. The van der Waals surface area contributed by atoms with Gasteiger partial charge in [0.1, 0.15) is 5.82 Å². The van der Waals surface area contributed by atoms with Crippen molar-refractivity contribution in [2.24, 2.45) is 7.05 Å². The molecular formula is C22H24N6O2. The van der Waals surface area contributed by atoms with Crippen molar-refractivity contribution in [2.75, 3.05) is 24.7 Å². The van der Waals surface area contributed by atoms with Crippen molar-refractivity contribution >= 4 is 16.7 Å². The Hall–Kier alpha value is -3.39. The molecule has 0 amide bonds. The van der Waals surface area contributed by atoms with Crippen LogP contribution in [0.5, 0.6) is 0 Å². The molecule has 0 aliphatic carbocycles. The van der Waals surface area contributed by atoms with Crippen LogP contribution in [0.1, 0.15) is 12.6 Å². The van der Waals surface area contributed by atoms with E-state index < -0.39 is 0 Å². The van der Waals surface area contributed by atoms with E-state index in [0.29, 0.717) is 31.4 Å². The minimum Gasteiger partial charge on any atom is -0.377 e. The molecule has 3 aromatic heterocycles. The van der Waals surface area contributed by atoms with E-state index in [0.717, 1.165) is 27.9 Å². The van der Waals surface area contributed by atoms with Crippen LogP contribution in [0.15, 0.2) is 47.5 Å².